The highest BCUT2D eigenvalue weighted by atomic mass is 16.6. The molecule has 0 bridgehead atoms. The highest BCUT2D eigenvalue weighted by molar-refractivity contribution is 5.99. The lowest BCUT2D eigenvalue weighted by molar-refractivity contribution is -0.158. The summed E-state index contributed by atoms with van der Waals surface area (Å²) in [5.41, 5.74) is -1.18. The molecule has 0 aromatic heterocycles. The van der Waals surface area contributed by atoms with Crippen molar-refractivity contribution in [3.05, 3.63) is 24.3 Å². The van der Waals surface area contributed by atoms with Gasteiger partial charge in [-0.1, -0.05) is 56.9 Å². The molecule has 0 radical (unpaired) electrons. The van der Waals surface area contributed by atoms with Crippen molar-refractivity contribution < 1.29 is 29.0 Å². The molecule has 2 fully saturated rings. The molecule has 36 heavy (non-hydrogen) atoms. The van der Waals surface area contributed by atoms with Crippen LogP contribution >= 0.6 is 0 Å². The molecule has 0 aliphatic carbocycles. The zero-order valence-corrected chi connectivity index (χ0v) is 21.8. The van der Waals surface area contributed by atoms with E-state index in [1.165, 1.54) is 0 Å². The lowest BCUT2D eigenvalue weighted by atomic mass is 9.78. The van der Waals surface area contributed by atoms with Crippen LogP contribution in [0.15, 0.2) is 24.3 Å². The maximum atomic E-state index is 14.0. The maximum Gasteiger partial charge on any atom is 0.313 e. The molecule has 4 aliphatic heterocycles. The fourth-order valence-electron chi connectivity index (χ4n) is 6.24. The van der Waals surface area contributed by atoms with E-state index in [0.717, 1.165) is 57.8 Å². The van der Waals surface area contributed by atoms with E-state index in [1.807, 2.05) is 36.1 Å². The van der Waals surface area contributed by atoms with Crippen molar-refractivity contribution in [3.8, 4) is 0 Å². The number of cyclic esters (lactones) is 1. The van der Waals surface area contributed by atoms with Crippen LogP contribution < -0.4 is 0 Å². The van der Waals surface area contributed by atoms with E-state index in [0.29, 0.717) is 19.6 Å². The van der Waals surface area contributed by atoms with Crippen LogP contribution in [0.5, 0.6) is 0 Å². The molecule has 4 heterocycles. The smallest absolute Gasteiger partial charge is 0.313 e. The summed E-state index contributed by atoms with van der Waals surface area (Å²) in [7, 11) is 0. The Kier molecular flexibility index (Phi) is 8.88. The SMILES string of the molecule is CCCCCN1CC=CC23O[C@@H]4/C=C\CCC(C)OC(=O)C4[C@H]2C(=O)N(CCCCCCO)[C@@H]3C1=O. The molecule has 0 aromatic carbocycles. The highest BCUT2D eigenvalue weighted by Gasteiger charge is 2.71. The fraction of sp³-hybridized carbons (Fsp3) is 0.750. The Morgan fingerprint density at radius 3 is 2.58 bits per heavy atom. The van der Waals surface area contributed by atoms with Crippen LogP contribution in [0.1, 0.15) is 71.6 Å². The summed E-state index contributed by atoms with van der Waals surface area (Å²) in [5, 5.41) is 9.09. The lowest BCUT2D eigenvalue weighted by Gasteiger charge is -2.35. The second kappa shape index (κ2) is 11.9. The number of nitrogens with zero attached hydrogens (tertiary/aromatic N) is 2. The van der Waals surface area contributed by atoms with Crippen LogP contribution in [0, 0.1) is 11.8 Å². The number of aliphatic hydroxyl groups excluding tert-OH is 1. The van der Waals surface area contributed by atoms with Gasteiger partial charge >= 0.3 is 5.97 Å². The molecule has 6 atom stereocenters. The van der Waals surface area contributed by atoms with Crippen molar-refractivity contribution in [3.63, 3.8) is 0 Å². The molecule has 2 amide bonds. The third-order valence-electron chi connectivity index (χ3n) is 8.07. The Morgan fingerprint density at radius 2 is 1.81 bits per heavy atom. The Bertz CT molecular complexity index is 872. The Morgan fingerprint density at radius 1 is 1.03 bits per heavy atom. The Labute approximate surface area is 214 Å². The van der Waals surface area contributed by atoms with E-state index >= 15 is 0 Å². The monoisotopic (exact) mass is 502 g/mol. The second-order valence-corrected chi connectivity index (χ2v) is 10.7. The number of ether oxygens (including phenoxy) is 2. The van der Waals surface area contributed by atoms with Gasteiger partial charge in [-0.2, -0.15) is 0 Å². The van der Waals surface area contributed by atoms with Crippen LogP contribution in [0.25, 0.3) is 0 Å². The predicted octanol–water partition coefficient (Wildman–Crippen LogP) is 2.99. The summed E-state index contributed by atoms with van der Waals surface area (Å²) >= 11 is 0. The lowest BCUT2D eigenvalue weighted by Crippen LogP contribution is -2.55. The minimum atomic E-state index is -1.18. The van der Waals surface area contributed by atoms with Crippen LogP contribution in [0.3, 0.4) is 0 Å². The average molecular weight is 503 g/mol. The molecule has 8 heteroatoms. The summed E-state index contributed by atoms with van der Waals surface area (Å²) in [6, 6.07) is -0.790. The van der Waals surface area contributed by atoms with Crippen molar-refractivity contribution in [1.29, 1.82) is 0 Å². The van der Waals surface area contributed by atoms with Gasteiger partial charge in [-0.05, 0) is 39.0 Å². The van der Waals surface area contributed by atoms with Crippen LogP contribution in [0.2, 0.25) is 0 Å². The van der Waals surface area contributed by atoms with Crippen LogP contribution in [0.4, 0.5) is 0 Å². The highest BCUT2D eigenvalue weighted by Crippen LogP contribution is 2.53. The molecule has 8 nitrogen and oxygen atoms in total. The molecule has 4 aliphatic rings. The van der Waals surface area contributed by atoms with Gasteiger partial charge in [-0.3, -0.25) is 14.4 Å². The molecule has 4 rings (SSSR count). The number of aliphatic hydroxyl groups is 1. The van der Waals surface area contributed by atoms with E-state index in [2.05, 4.69) is 6.92 Å². The molecule has 1 spiro atoms. The quantitative estimate of drug-likeness (QED) is 0.280. The molecule has 200 valence electrons. The van der Waals surface area contributed by atoms with Gasteiger partial charge in [0.15, 0.2) is 0 Å². The number of carbonyl (C=O) groups excluding carboxylic acids is 3. The maximum absolute atomic E-state index is 14.0. The van der Waals surface area contributed by atoms with Gasteiger partial charge in [0.1, 0.15) is 17.6 Å². The second-order valence-electron chi connectivity index (χ2n) is 10.7. The number of likely N-dealkylation sites (tertiary alicyclic amines) is 1. The minimum absolute atomic E-state index is 0.0977. The van der Waals surface area contributed by atoms with E-state index < -0.39 is 35.6 Å². The van der Waals surface area contributed by atoms with Gasteiger partial charge in [0.05, 0.1) is 18.1 Å². The third-order valence-corrected chi connectivity index (χ3v) is 8.07. The van der Waals surface area contributed by atoms with Crippen molar-refractivity contribution in [2.75, 3.05) is 26.2 Å². The first-order valence-corrected chi connectivity index (χ1v) is 13.9. The van der Waals surface area contributed by atoms with Gasteiger partial charge in [0.25, 0.3) is 0 Å². The largest absolute Gasteiger partial charge is 0.462 e. The van der Waals surface area contributed by atoms with E-state index in [1.54, 1.807) is 4.90 Å². The first-order chi connectivity index (χ1) is 17.4. The van der Waals surface area contributed by atoms with Gasteiger partial charge in [0.2, 0.25) is 11.8 Å². The number of hydrogen-bond acceptors (Lipinski definition) is 6. The Hall–Kier alpha value is -2.19. The van der Waals surface area contributed by atoms with Crippen molar-refractivity contribution in [2.24, 2.45) is 11.8 Å². The average Bonchev–Trinajstić information content (AvgIpc) is 3.25. The standard InChI is InChI=1S/C28H42N2O6/c1-3-4-9-16-29-17-12-15-28-23(22-21(36-28)14-8-7-13-20(2)35-27(22)34)25(32)30(24(28)26(29)33)18-10-5-6-11-19-31/h8,12,14-15,20-24,31H,3-7,9-11,13,16-19H2,1-2H3/b14-8-/t20?,21-,22?,23+,24-,28?/m1/s1. The van der Waals surface area contributed by atoms with Crippen molar-refractivity contribution in [1.82, 2.24) is 9.80 Å². The van der Waals surface area contributed by atoms with E-state index in [9.17, 15) is 14.4 Å². The first-order valence-electron chi connectivity index (χ1n) is 13.9. The molecular formula is C28H42N2O6. The predicted molar refractivity (Wildman–Crippen MR) is 135 cm³/mol. The summed E-state index contributed by atoms with van der Waals surface area (Å²) in [4.78, 5) is 44.9. The zero-order chi connectivity index (χ0) is 25.7. The van der Waals surface area contributed by atoms with Crippen LogP contribution in [-0.2, 0) is 23.9 Å². The number of carbonyl (C=O) groups is 3. The van der Waals surface area contributed by atoms with Gasteiger partial charge in [-0.25, -0.2) is 0 Å². The molecule has 0 saturated carbocycles. The Balaban J connectivity index is 1.67. The molecule has 0 aromatic rings. The van der Waals surface area contributed by atoms with Gasteiger partial charge in [0, 0.05) is 26.2 Å². The van der Waals surface area contributed by atoms with E-state index in [4.69, 9.17) is 14.6 Å². The first kappa shape index (κ1) is 26.9. The van der Waals surface area contributed by atoms with Crippen molar-refractivity contribution >= 4 is 17.8 Å². The van der Waals surface area contributed by atoms with Gasteiger partial charge < -0.3 is 24.4 Å². The summed E-state index contributed by atoms with van der Waals surface area (Å²) in [5.74, 6) is -2.27. The number of hydrogen-bond donors (Lipinski definition) is 1. The van der Waals surface area contributed by atoms with Crippen LogP contribution in [-0.4, -0.2) is 82.8 Å². The number of rotatable bonds is 10. The third kappa shape index (κ3) is 5.12. The number of amides is 2. The number of unbranched alkanes of at least 4 members (excludes halogenated alkanes) is 5. The molecule has 2 saturated heterocycles. The number of allylic oxidation sites excluding steroid dienone is 1. The normalized spacial score (nSPS) is 34.9. The minimum Gasteiger partial charge on any atom is -0.462 e. The fourth-order valence-corrected chi connectivity index (χ4v) is 6.24. The summed E-state index contributed by atoms with van der Waals surface area (Å²) in [6.07, 6.45) is 14.6. The summed E-state index contributed by atoms with van der Waals surface area (Å²) < 4.78 is 12.4. The topological polar surface area (TPSA) is 96.4 Å². The van der Waals surface area contributed by atoms with Crippen molar-refractivity contribution in [2.45, 2.75) is 95.5 Å². The summed E-state index contributed by atoms with van der Waals surface area (Å²) in [6.45, 7) is 5.70. The van der Waals surface area contributed by atoms with E-state index in [-0.39, 0.29) is 24.5 Å². The number of esters is 1. The molecular weight excluding hydrogens is 460 g/mol. The zero-order valence-electron chi connectivity index (χ0n) is 21.8. The van der Waals surface area contributed by atoms with Gasteiger partial charge in [-0.15, -0.1) is 0 Å². The molecule has 1 N–H and O–H groups in total. The molecule has 3 unspecified atom stereocenters. The number of fused-ring (bicyclic) bond motifs is 2.